The highest BCUT2D eigenvalue weighted by Gasteiger charge is 2.32. The van der Waals surface area contributed by atoms with Crippen LogP contribution in [0, 0.1) is 20.8 Å². The summed E-state index contributed by atoms with van der Waals surface area (Å²) in [5.41, 5.74) is 4.52. The number of anilines is 1. The van der Waals surface area contributed by atoms with E-state index in [0.717, 1.165) is 46.3 Å². The van der Waals surface area contributed by atoms with Crippen LogP contribution < -0.4 is 10.1 Å². The number of aryl methyl sites for hydroxylation is 2. The molecule has 1 N–H and O–H groups in total. The van der Waals surface area contributed by atoms with Gasteiger partial charge in [-0.15, -0.1) is 21.5 Å². The predicted octanol–water partition coefficient (Wildman–Crippen LogP) is 6.73. The van der Waals surface area contributed by atoms with Crippen LogP contribution in [-0.2, 0) is 38.0 Å². The Morgan fingerprint density at radius 3 is 1.76 bits per heavy atom. The zero-order valence-corrected chi connectivity index (χ0v) is 35.5. The van der Waals surface area contributed by atoms with Gasteiger partial charge < -0.3 is 43.2 Å². The second-order valence-corrected chi connectivity index (χ2v) is 15.0. The highest BCUT2D eigenvalue weighted by Crippen LogP contribution is 2.39. The van der Waals surface area contributed by atoms with Crippen molar-refractivity contribution >= 4 is 40.2 Å². The number of aliphatic imine (C=N–C) groups is 1. The van der Waals surface area contributed by atoms with Gasteiger partial charge in [-0.2, -0.15) is 0 Å². The Kier molecular flexibility index (Phi) is 19.5. The van der Waals surface area contributed by atoms with E-state index in [4.69, 9.17) is 54.5 Å². The molecule has 0 fully saturated rings. The summed E-state index contributed by atoms with van der Waals surface area (Å²) in [7, 11) is 0. The van der Waals surface area contributed by atoms with E-state index in [-0.39, 0.29) is 12.3 Å². The fourth-order valence-electron chi connectivity index (χ4n) is 5.94. The summed E-state index contributed by atoms with van der Waals surface area (Å²) in [6.45, 7) is 15.9. The second-order valence-electron chi connectivity index (χ2n) is 13.3. The number of carbonyl (C=O) groups is 1. The highest BCUT2D eigenvalue weighted by molar-refractivity contribution is 7.15. The van der Waals surface area contributed by atoms with Crippen molar-refractivity contribution in [3.8, 4) is 10.8 Å². The summed E-state index contributed by atoms with van der Waals surface area (Å²) in [4.78, 5) is 19.8. The minimum Gasteiger partial charge on any atom is -0.491 e. The van der Waals surface area contributed by atoms with E-state index in [0.29, 0.717) is 115 Å². The van der Waals surface area contributed by atoms with Gasteiger partial charge in [-0.05, 0) is 69.2 Å². The molecule has 1 aliphatic rings. The maximum Gasteiger partial charge on any atom is 0.227 e. The van der Waals surface area contributed by atoms with Crippen LogP contribution in [0.5, 0.6) is 5.75 Å². The number of hydrogen-bond acceptors (Lipinski definition) is 13. The lowest BCUT2D eigenvalue weighted by Crippen LogP contribution is -2.17. The summed E-state index contributed by atoms with van der Waals surface area (Å²) in [5, 5.41) is 13.5. The zero-order chi connectivity index (χ0) is 41.0. The third-order valence-electron chi connectivity index (χ3n) is 8.95. The van der Waals surface area contributed by atoms with Crippen LogP contribution in [0.4, 0.5) is 5.69 Å². The molecule has 1 amide bonds. The van der Waals surface area contributed by atoms with E-state index >= 15 is 0 Å². The Morgan fingerprint density at radius 2 is 1.22 bits per heavy atom. The van der Waals surface area contributed by atoms with Gasteiger partial charge in [0.2, 0.25) is 5.91 Å². The van der Waals surface area contributed by atoms with Crippen LogP contribution in [0.15, 0.2) is 53.5 Å². The predicted molar refractivity (Wildman–Crippen MR) is 224 cm³/mol. The summed E-state index contributed by atoms with van der Waals surface area (Å²) < 4.78 is 46.3. The molecule has 2 aromatic carbocycles. The van der Waals surface area contributed by atoms with Gasteiger partial charge in [0.1, 0.15) is 29.2 Å². The van der Waals surface area contributed by atoms with Crippen molar-refractivity contribution in [2.45, 2.75) is 46.6 Å². The maximum absolute atomic E-state index is 13.5. The average Bonchev–Trinajstić information content (AvgIpc) is 3.70. The fourth-order valence-corrected chi connectivity index (χ4v) is 7.28. The Hall–Kier alpha value is -3.77. The van der Waals surface area contributed by atoms with E-state index in [9.17, 15) is 4.79 Å². The van der Waals surface area contributed by atoms with Gasteiger partial charge >= 0.3 is 0 Å². The van der Waals surface area contributed by atoms with Gasteiger partial charge in [0.15, 0.2) is 5.82 Å². The molecule has 0 bridgehead atoms. The first-order valence-corrected chi connectivity index (χ1v) is 21.0. The number of nitrogens with zero attached hydrogens (tertiary/aromatic N) is 4. The highest BCUT2D eigenvalue weighted by atomic mass is 35.5. The fraction of sp³-hybridized carbons (Fsp3) is 0.524. The number of benzene rings is 2. The number of nitrogens with one attached hydrogen (secondary N) is 1. The van der Waals surface area contributed by atoms with Crippen LogP contribution in [0.2, 0.25) is 5.02 Å². The number of hydrogen-bond donors (Lipinski definition) is 1. The van der Waals surface area contributed by atoms with Crippen LogP contribution in [-0.4, -0.2) is 125 Å². The second kappa shape index (κ2) is 25.0. The molecule has 0 saturated carbocycles. The first kappa shape index (κ1) is 45.3. The van der Waals surface area contributed by atoms with Crippen molar-refractivity contribution < 1.29 is 42.7 Å². The Morgan fingerprint density at radius 1 is 0.707 bits per heavy atom. The maximum atomic E-state index is 13.5. The lowest BCUT2D eigenvalue weighted by atomic mass is 9.99. The monoisotopic (exact) mass is 841 g/mol. The molecule has 5 rings (SSSR count). The molecule has 0 spiro atoms. The van der Waals surface area contributed by atoms with Crippen molar-refractivity contribution in [2.75, 3.05) is 104 Å². The molecular weight excluding hydrogens is 786 g/mol. The first-order valence-electron chi connectivity index (χ1n) is 19.8. The van der Waals surface area contributed by atoms with Gasteiger partial charge in [0, 0.05) is 33.3 Å². The van der Waals surface area contributed by atoms with Crippen LogP contribution >= 0.6 is 22.9 Å². The summed E-state index contributed by atoms with van der Waals surface area (Å²) in [5.74, 6) is 1.84. The molecule has 0 aliphatic carbocycles. The molecule has 16 heteroatoms. The van der Waals surface area contributed by atoms with Gasteiger partial charge in [0.05, 0.1) is 98.0 Å². The molecule has 316 valence electrons. The number of rotatable bonds is 28. The zero-order valence-electron chi connectivity index (χ0n) is 34.0. The number of aromatic nitrogens is 3. The van der Waals surface area contributed by atoms with E-state index in [1.54, 1.807) is 11.3 Å². The van der Waals surface area contributed by atoms with Crippen molar-refractivity contribution in [1.29, 1.82) is 0 Å². The smallest absolute Gasteiger partial charge is 0.227 e. The van der Waals surface area contributed by atoms with Gasteiger partial charge in [-0.1, -0.05) is 30.7 Å². The normalized spacial score (nSPS) is 13.5. The third-order valence-corrected chi connectivity index (χ3v) is 10.4. The number of halogens is 1. The molecule has 0 saturated heterocycles. The molecule has 4 aromatic rings. The number of ether oxygens (including phenoxy) is 8. The Bertz CT molecular complexity index is 1850. The molecule has 1 aliphatic heterocycles. The van der Waals surface area contributed by atoms with Gasteiger partial charge in [0.25, 0.3) is 0 Å². The van der Waals surface area contributed by atoms with Crippen molar-refractivity contribution in [1.82, 2.24) is 14.8 Å². The number of amides is 1. The summed E-state index contributed by atoms with van der Waals surface area (Å²) in [6, 6.07) is 14.3. The van der Waals surface area contributed by atoms with E-state index in [1.165, 1.54) is 4.88 Å². The minimum absolute atomic E-state index is 0.0772. The third kappa shape index (κ3) is 14.2. The lowest BCUT2D eigenvalue weighted by Gasteiger charge is -2.13. The van der Waals surface area contributed by atoms with Gasteiger partial charge in [-0.3, -0.25) is 14.4 Å². The molecule has 1 atom stereocenters. The Labute approximate surface area is 350 Å². The standard InChI is InChI=1S/C42H56ClN5O9S/c1-5-14-50-15-16-51-17-18-52-19-20-53-21-22-54-23-24-55-25-26-56-27-28-57-36-12-10-35(11-13-36)44-38(49)29-37-41-47-46-32(4)48(41)42-39(30(2)31(3)58-42)40(45-37)33-6-8-34(43)9-7-33/h6-13,37H,5,14-29H2,1-4H3,(H,44,49)/t37-/m0/s1. The number of carbonyl (C=O) groups excluding carboxylic acids is 1. The van der Waals surface area contributed by atoms with Crippen molar-refractivity contribution in [3.63, 3.8) is 0 Å². The molecule has 58 heavy (non-hydrogen) atoms. The van der Waals surface area contributed by atoms with Crippen molar-refractivity contribution in [2.24, 2.45) is 4.99 Å². The van der Waals surface area contributed by atoms with Gasteiger partial charge in [-0.25, -0.2) is 0 Å². The topological polar surface area (TPSA) is 146 Å². The lowest BCUT2D eigenvalue weighted by molar-refractivity contribution is -0.116. The molecule has 0 unspecified atom stereocenters. The van der Waals surface area contributed by atoms with Crippen molar-refractivity contribution in [3.05, 3.63) is 86.8 Å². The molecule has 14 nitrogen and oxygen atoms in total. The minimum atomic E-state index is -0.563. The van der Waals surface area contributed by atoms with E-state index in [2.05, 4.69) is 36.3 Å². The molecule has 3 heterocycles. The Balaban J connectivity index is 0.932. The SMILES string of the molecule is CCCOCCOCCOCCOCCOCCOCCOCCOc1ccc(NC(=O)C[C@@H]2N=C(c3ccc(Cl)cc3)c3c(sc(C)c3C)-n3c(C)nnc32)cc1. The molecule has 0 radical (unpaired) electrons. The van der Waals surface area contributed by atoms with Crippen LogP contribution in [0.1, 0.15) is 59.0 Å². The summed E-state index contributed by atoms with van der Waals surface area (Å²) in [6.07, 6.45) is 1.09. The quantitative estimate of drug-likeness (QED) is 0.0608. The first-order chi connectivity index (χ1) is 28.4. The average molecular weight is 842 g/mol. The number of thiophene rings is 1. The summed E-state index contributed by atoms with van der Waals surface area (Å²) >= 11 is 7.91. The molecule has 2 aromatic heterocycles. The molecular formula is C42H56ClN5O9S. The van der Waals surface area contributed by atoms with Crippen LogP contribution in [0.3, 0.4) is 0 Å². The van der Waals surface area contributed by atoms with E-state index < -0.39 is 6.04 Å². The largest absolute Gasteiger partial charge is 0.491 e. The number of fused-ring (bicyclic) bond motifs is 3. The van der Waals surface area contributed by atoms with E-state index in [1.807, 2.05) is 60.0 Å². The van der Waals surface area contributed by atoms with Crippen LogP contribution in [0.25, 0.3) is 5.00 Å².